The maximum atomic E-state index is 14.1. The molecule has 2 aromatic carbocycles. The molecule has 0 radical (unpaired) electrons. The van der Waals surface area contributed by atoms with E-state index in [4.69, 9.17) is 26.1 Å². The Morgan fingerprint density at radius 3 is 2.43 bits per heavy atom. The Balaban J connectivity index is 1.82. The van der Waals surface area contributed by atoms with Gasteiger partial charge in [0.15, 0.2) is 0 Å². The number of benzene rings is 2. The van der Waals surface area contributed by atoms with Crippen molar-refractivity contribution in [2.24, 2.45) is 4.99 Å². The Hall–Kier alpha value is -2.77. The van der Waals surface area contributed by atoms with Crippen LogP contribution in [0.5, 0.6) is 11.5 Å². The van der Waals surface area contributed by atoms with Crippen LogP contribution in [0.3, 0.4) is 0 Å². The SMILES string of the molecule is CCC[C@H]1N=C(c2ccc(OC)cc2OCC)N(C(=O)N2CCN(C)CC2)C1c1ccc(Cl)cc1. The Kier molecular flexibility index (Phi) is 8.19. The van der Waals surface area contributed by atoms with Crippen LogP contribution < -0.4 is 9.47 Å². The van der Waals surface area contributed by atoms with Crippen LogP contribution in [0, 0.1) is 0 Å². The van der Waals surface area contributed by atoms with Gasteiger partial charge in [-0.05, 0) is 50.2 Å². The molecular weight excluding hydrogens is 464 g/mol. The highest BCUT2D eigenvalue weighted by Crippen LogP contribution is 2.40. The van der Waals surface area contributed by atoms with E-state index >= 15 is 0 Å². The van der Waals surface area contributed by atoms with Gasteiger partial charge in [-0.3, -0.25) is 9.89 Å². The monoisotopic (exact) mass is 498 g/mol. The molecule has 0 spiro atoms. The molecule has 2 heterocycles. The number of halogens is 1. The van der Waals surface area contributed by atoms with Crippen molar-refractivity contribution in [2.75, 3.05) is 46.9 Å². The molecule has 2 aliphatic heterocycles. The molecule has 0 aliphatic carbocycles. The number of amides is 2. The lowest BCUT2D eigenvalue weighted by Gasteiger charge is -2.38. The second-order valence-corrected chi connectivity index (χ2v) is 9.48. The van der Waals surface area contributed by atoms with E-state index in [-0.39, 0.29) is 18.1 Å². The lowest BCUT2D eigenvalue weighted by atomic mass is 9.96. The number of hydrogen-bond donors (Lipinski definition) is 0. The number of aliphatic imine (C=N–C) groups is 1. The first-order valence-electron chi connectivity index (χ1n) is 12.4. The third-order valence-corrected chi connectivity index (χ3v) is 6.92. The minimum atomic E-state index is -0.217. The average molecular weight is 499 g/mol. The molecule has 0 bridgehead atoms. The number of urea groups is 1. The van der Waals surface area contributed by atoms with Gasteiger partial charge in [0.1, 0.15) is 17.3 Å². The molecule has 2 atom stereocenters. The zero-order valence-electron chi connectivity index (χ0n) is 21.0. The summed E-state index contributed by atoms with van der Waals surface area (Å²) in [6, 6.07) is 13.2. The van der Waals surface area contributed by atoms with E-state index in [1.165, 1.54) is 0 Å². The van der Waals surface area contributed by atoms with Gasteiger partial charge in [0.05, 0.1) is 31.4 Å². The number of nitrogens with zero attached hydrogens (tertiary/aromatic N) is 4. The van der Waals surface area contributed by atoms with Crippen molar-refractivity contribution in [3.05, 3.63) is 58.6 Å². The van der Waals surface area contributed by atoms with Crippen LogP contribution in [0.4, 0.5) is 4.79 Å². The lowest BCUT2D eigenvalue weighted by Crippen LogP contribution is -2.53. The van der Waals surface area contributed by atoms with Crippen LogP contribution in [0.2, 0.25) is 5.02 Å². The molecule has 4 rings (SSSR count). The first-order valence-corrected chi connectivity index (χ1v) is 12.8. The fourth-order valence-corrected chi connectivity index (χ4v) is 4.92. The van der Waals surface area contributed by atoms with Crippen LogP contribution in [0.1, 0.15) is 43.9 Å². The van der Waals surface area contributed by atoms with Gasteiger partial charge < -0.3 is 19.3 Å². The summed E-state index contributed by atoms with van der Waals surface area (Å²) in [6.45, 7) is 7.67. The summed E-state index contributed by atoms with van der Waals surface area (Å²) in [5.41, 5.74) is 1.83. The van der Waals surface area contributed by atoms with Gasteiger partial charge in [-0.15, -0.1) is 0 Å². The second kappa shape index (κ2) is 11.3. The molecule has 188 valence electrons. The number of carbonyl (C=O) groups excluding carboxylic acids is 1. The van der Waals surface area contributed by atoms with Gasteiger partial charge in [-0.1, -0.05) is 37.1 Å². The third kappa shape index (κ3) is 5.41. The van der Waals surface area contributed by atoms with E-state index in [0.717, 1.165) is 37.1 Å². The van der Waals surface area contributed by atoms with Crippen LogP contribution in [0.15, 0.2) is 47.5 Å². The highest BCUT2D eigenvalue weighted by molar-refractivity contribution is 6.30. The fourth-order valence-electron chi connectivity index (χ4n) is 4.79. The van der Waals surface area contributed by atoms with Crippen molar-refractivity contribution in [3.8, 4) is 11.5 Å². The van der Waals surface area contributed by atoms with Gasteiger partial charge in [0, 0.05) is 37.3 Å². The van der Waals surface area contributed by atoms with Gasteiger partial charge >= 0.3 is 6.03 Å². The number of methoxy groups -OCH3 is 1. The van der Waals surface area contributed by atoms with Gasteiger partial charge in [0.25, 0.3) is 0 Å². The first kappa shape index (κ1) is 25.3. The van der Waals surface area contributed by atoms with Crippen molar-refractivity contribution in [2.45, 2.75) is 38.8 Å². The van der Waals surface area contributed by atoms with E-state index in [9.17, 15) is 4.79 Å². The summed E-state index contributed by atoms with van der Waals surface area (Å²) in [5, 5.41) is 0.672. The van der Waals surface area contributed by atoms with Crippen LogP contribution >= 0.6 is 11.6 Å². The van der Waals surface area contributed by atoms with E-state index < -0.39 is 0 Å². The van der Waals surface area contributed by atoms with E-state index in [1.807, 2.05) is 59.2 Å². The third-order valence-electron chi connectivity index (χ3n) is 6.66. The van der Waals surface area contributed by atoms with Crippen molar-refractivity contribution in [1.82, 2.24) is 14.7 Å². The first-order chi connectivity index (χ1) is 17.0. The van der Waals surface area contributed by atoms with Crippen LogP contribution in [0.25, 0.3) is 0 Å². The summed E-state index contributed by atoms with van der Waals surface area (Å²) in [6.07, 6.45) is 1.83. The number of hydrogen-bond acceptors (Lipinski definition) is 5. The van der Waals surface area contributed by atoms with Crippen molar-refractivity contribution in [1.29, 1.82) is 0 Å². The number of ether oxygens (including phenoxy) is 2. The molecule has 0 saturated carbocycles. The predicted octanol–water partition coefficient (Wildman–Crippen LogP) is 5.09. The summed E-state index contributed by atoms with van der Waals surface area (Å²) >= 11 is 6.21. The molecule has 2 aliphatic rings. The summed E-state index contributed by atoms with van der Waals surface area (Å²) in [4.78, 5) is 25.4. The van der Waals surface area contributed by atoms with Gasteiger partial charge in [-0.25, -0.2) is 4.79 Å². The van der Waals surface area contributed by atoms with Crippen molar-refractivity contribution >= 4 is 23.5 Å². The number of likely N-dealkylation sites (N-methyl/N-ethyl adjacent to an activating group) is 1. The maximum absolute atomic E-state index is 14.1. The summed E-state index contributed by atoms with van der Waals surface area (Å²) in [7, 11) is 3.72. The zero-order chi connectivity index (χ0) is 24.9. The Morgan fingerprint density at radius 2 is 1.80 bits per heavy atom. The second-order valence-electron chi connectivity index (χ2n) is 9.04. The standard InChI is InChI=1S/C27H35ClN4O3/c1-5-7-23-25(19-8-10-20(28)11-9-19)32(27(33)31-16-14-30(3)15-17-31)26(29-23)22-13-12-21(34-4)18-24(22)35-6-2/h8-13,18,23,25H,5-7,14-17H2,1-4H3/t23-,25?/m1/s1. The number of rotatable bonds is 7. The molecule has 0 N–H and O–H groups in total. The number of piperazine rings is 1. The van der Waals surface area contributed by atoms with E-state index in [1.54, 1.807) is 7.11 Å². The normalized spacial score (nSPS) is 20.7. The Labute approximate surface area is 213 Å². The molecule has 1 unspecified atom stereocenters. The highest BCUT2D eigenvalue weighted by Gasteiger charge is 2.43. The van der Waals surface area contributed by atoms with E-state index in [0.29, 0.717) is 42.1 Å². The Bertz CT molecular complexity index is 1050. The molecule has 2 aromatic rings. The number of amidine groups is 1. The molecule has 0 aromatic heterocycles. The summed E-state index contributed by atoms with van der Waals surface area (Å²) < 4.78 is 11.4. The smallest absolute Gasteiger partial charge is 0.326 e. The largest absolute Gasteiger partial charge is 0.497 e. The lowest BCUT2D eigenvalue weighted by molar-refractivity contribution is 0.130. The minimum absolute atomic E-state index is 0.0198. The molecular formula is C27H35ClN4O3. The predicted molar refractivity (Wildman–Crippen MR) is 140 cm³/mol. The topological polar surface area (TPSA) is 57.6 Å². The molecule has 35 heavy (non-hydrogen) atoms. The fraction of sp³-hybridized carbons (Fsp3) is 0.481. The van der Waals surface area contributed by atoms with E-state index in [2.05, 4.69) is 18.9 Å². The van der Waals surface area contributed by atoms with Gasteiger partial charge in [-0.2, -0.15) is 0 Å². The van der Waals surface area contributed by atoms with Crippen LogP contribution in [-0.2, 0) is 0 Å². The van der Waals surface area contributed by atoms with Gasteiger partial charge in [0.2, 0.25) is 0 Å². The molecule has 2 amide bonds. The van der Waals surface area contributed by atoms with Crippen molar-refractivity contribution < 1.29 is 14.3 Å². The Morgan fingerprint density at radius 1 is 1.09 bits per heavy atom. The molecule has 1 fully saturated rings. The molecule has 1 saturated heterocycles. The molecule has 8 heteroatoms. The van der Waals surface area contributed by atoms with Crippen LogP contribution in [-0.4, -0.2) is 79.6 Å². The molecule has 7 nitrogen and oxygen atoms in total. The summed E-state index contributed by atoms with van der Waals surface area (Å²) in [5.74, 6) is 2.01. The average Bonchev–Trinajstić information content (AvgIpc) is 3.23. The number of carbonyl (C=O) groups is 1. The zero-order valence-corrected chi connectivity index (χ0v) is 21.8. The maximum Gasteiger partial charge on any atom is 0.326 e. The van der Waals surface area contributed by atoms with Crippen molar-refractivity contribution in [3.63, 3.8) is 0 Å². The minimum Gasteiger partial charge on any atom is -0.497 e. The highest BCUT2D eigenvalue weighted by atomic mass is 35.5. The quantitative estimate of drug-likeness (QED) is 0.533.